The van der Waals surface area contributed by atoms with Gasteiger partial charge in [0.15, 0.2) is 6.10 Å². The molecule has 3 rings (SSSR count). The number of ether oxygens (including phenoxy) is 3. The van der Waals surface area contributed by atoms with Crippen LogP contribution in [0.4, 0.5) is 0 Å². The molecule has 2 aromatic carbocycles. The number of benzene rings is 2. The molecule has 1 fully saturated rings. The zero-order valence-electron chi connectivity index (χ0n) is 17.6. The van der Waals surface area contributed by atoms with Gasteiger partial charge in [0.05, 0.1) is 19.3 Å². The quantitative estimate of drug-likeness (QED) is 0.441. The predicted molar refractivity (Wildman–Crippen MR) is 113 cm³/mol. The third-order valence-corrected chi connectivity index (χ3v) is 6.23. The first-order valence-corrected chi connectivity index (χ1v) is 11.4. The van der Waals surface area contributed by atoms with Gasteiger partial charge in [-0.15, -0.1) is 0 Å². The van der Waals surface area contributed by atoms with Crippen LogP contribution in [0, 0.1) is 0 Å². The smallest absolute Gasteiger partial charge is 0.338 e. The highest BCUT2D eigenvalue weighted by Gasteiger charge is 2.31. The van der Waals surface area contributed by atoms with Crippen molar-refractivity contribution in [2.75, 3.05) is 13.7 Å². The van der Waals surface area contributed by atoms with Crippen molar-refractivity contribution in [3.63, 3.8) is 0 Å². The minimum absolute atomic E-state index is 0.00307. The summed E-state index contributed by atoms with van der Waals surface area (Å²) in [6.07, 6.45) is 0.486. The van der Waals surface area contributed by atoms with Crippen LogP contribution in [0.25, 0.3) is 0 Å². The maximum atomic E-state index is 12.6. The third-order valence-electron chi connectivity index (χ3n) is 4.69. The summed E-state index contributed by atoms with van der Waals surface area (Å²) in [5.74, 6) is -0.441. The van der Waals surface area contributed by atoms with E-state index in [9.17, 15) is 18.0 Å². The summed E-state index contributed by atoms with van der Waals surface area (Å²) in [6.45, 7) is 3.84. The van der Waals surface area contributed by atoms with Gasteiger partial charge in [-0.25, -0.2) is 17.9 Å². The molecule has 2 aromatic rings. The molecule has 0 radical (unpaired) electrons. The Hall–Kier alpha value is -2.91. The number of nitrogens with one attached hydrogen (secondary N) is 1. The number of ketones is 1. The van der Waals surface area contributed by atoms with Crippen LogP contribution in [-0.4, -0.2) is 46.0 Å². The summed E-state index contributed by atoms with van der Waals surface area (Å²) >= 11 is 0. The zero-order chi connectivity index (χ0) is 22.6. The van der Waals surface area contributed by atoms with Gasteiger partial charge in [0.2, 0.25) is 15.8 Å². The summed E-state index contributed by atoms with van der Waals surface area (Å²) in [4.78, 5) is 25.0. The number of Topliss-reactive ketones (excluding diaryl/α,β-unsaturated/α-hetero) is 1. The lowest BCUT2D eigenvalue weighted by atomic mass is 10.1. The Morgan fingerprint density at radius 2 is 1.74 bits per heavy atom. The Kier molecular flexibility index (Phi) is 6.97. The molecule has 1 N–H and O–H groups in total. The van der Waals surface area contributed by atoms with Crippen molar-refractivity contribution >= 4 is 21.8 Å². The van der Waals surface area contributed by atoms with Crippen LogP contribution in [0.15, 0.2) is 47.4 Å². The lowest BCUT2D eigenvalue weighted by Gasteiger charge is -2.15. The topological polar surface area (TPSA) is 108 Å². The fourth-order valence-corrected chi connectivity index (χ4v) is 4.40. The summed E-state index contributed by atoms with van der Waals surface area (Å²) in [5.41, 5.74) is 0.374. The normalized spacial score (nSPS) is 14.5. The molecule has 0 aromatic heterocycles. The van der Waals surface area contributed by atoms with Crippen LogP contribution in [-0.2, 0) is 14.8 Å². The van der Waals surface area contributed by atoms with E-state index in [0.717, 1.165) is 12.8 Å². The molecule has 0 saturated heterocycles. The van der Waals surface area contributed by atoms with Gasteiger partial charge < -0.3 is 14.2 Å². The summed E-state index contributed by atoms with van der Waals surface area (Å²) in [7, 11) is -2.51. The first-order valence-electron chi connectivity index (χ1n) is 9.93. The van der Waals surface area contributed by atoms with Crippen LogP contribution in [0.1, 0.15) is 47.4 Å². The standard InChI is InChI=1S/C22H25NO7S/c1-4-29-18-10-5-15(6-11-18)21(24)14(2)30-22(25)16-7-12-19(28-3)20(13-16)31(26,27)23-17-8-9-17/h5-7,10-14,17,23H,4,8-9H2,1-3H3/t14-/m1/s1. The summed E-state index contributed by atoms with van der Waals surface area (Å²) in [6, 6.07) is 10.4. The van der Waals surface area contributed by atoms with Crippen molar-refractivity contribution in [3.8, 4) is 11.5 Å². The number of esters is 1. The van der Waals surface area contributed by atoms with Gasteiger partial charge in [-0.1, -0.05) is 0 Å². The minimum atomic E-state index is -3.85. The lowest BCUT2D eigenvalue weighted by molar-refractivity contribution is 0.0318. The average molecular weight is 448 g/mol. The molecule has 0 spiro atoms. The zero-order valence-corrected chi connectivity index (χ0v) is 18.4. The SMILES string of the molecule is CCOc1ccc(C(=O)[C@@H](C)OC(=O)c2ccc(OC)c(S(=O)(=O)NC3CC3)c2)cc1. The summed E-state index contributed by atoms with van der Waals surface area (Å²) in [5, 5.41) is 0. The van der Waals surface area contributed by atoms with Crippen LogP contribution < -0.4 is 14.2 Å². The van der Waals surface area contributed by atoms with Crippen LogP contribution in [0.5, 0.6) is 11.5 Å². The molecule has 0 aliphatic heterocycles. The van der Waals surface area contributed by atoms with E-state index in [2.05, 4.69) is 4.72 Å². The van der Waals surface area contributed by atoms with Gasteiger partial charge in [0.25, 0.3) is 0 Å². The maximum absolute atomic E-state index is 12.6. The first kappa shape index (κ1) is 22.8. The van der Waals surface area contributed by atoms with Crippen LogP contribution in [0.2, 0.25) is 0 Å². The lowest BCUT2D eigenvalue weighted by Crippen LogP contribution is -2.27. The third kappa shape index (κ3) is 5.62. The molecule has 1 saturated carbocycles. The highest BCUT2D eigenvalue weighted by Crippen LogP contribution is 2.28. The van der Waals surface area contributed by atoms with Crippen molar-refractivity contribution in [2.45, 2.75) is 43.7 Å². The molecule has 0 bridgehead atoms. The average Bonchev–Trinajstić information content (AvgIpc) is 3.56. The van der Waals surface area contributed by atoms with E-state index in [-0.39, 0.29) is 28.0 Å². The van der Waals surface area contributed by atoms with Crippen LogP contribution in [0.3, 0.4) is 0 Å². The molecule has 0 unspecified atom stereocenters. The van der Waals surface area contributed by atoms with Gasteiger partial charge in [-0.05, 0) is 69.2 Å². The second kappa shape index (κ2) is 9.49. The second-order valence-corrected chi connectivity index (χ2v) is 8.81. The Morgan fingerprint density at radius 3 is 2.32 bits per heavy atom. The highest BCUT2D eigenvalue weighted by molar-refractivity contribution is 7.89. The molecule has 0 heterocycles. The first-order chi connectivity index (χ1) is 14.7. The molecule has 0 amide bonds. The Morgan fingerprint density at radius 1 is 1.10 bits per heavy atom. The number of hydrogen-bond acceptors (Lipinski definition) is 7. The highest BCUT2D eigenvalue weighted by atomic mass is 32.2. The van der Waals surface area contributed by atoms with E-state index in [1.165, 1.54) is 32.2 Å². The molecular weight excluding hydrogens is 422 g/mol. The van der Waals surface area contributed by atoms with Gasteiger partial charge in [-0.3, -0.25) is 4.79 Å². The second-order valence-electron chi connectivity index (χ2n) is 7.13. The van der Waals surface area contributed by atoms with E-state index in [1.54, 1.807) is 24.3 Å². The van der Waals surface area contributed by atoms with Crippen LogP contribution >= 0.6 is 0 Å². The van der Waals surface area contributed by atoms with Gasteiger partial charge in [-0.2, -0.15) is 0 Å². The molecule has 1 aliphatic carbocycles. The molecule has 1 aliphatic rings. The van der Waals surface area contributed by atoms with Crippen molar-refractivity contribution in [1.29, 1.82) is 0 Å². The van der Waals surface area contributed by atoms with Gasteiger partial charge >= 0.3 is 5.97 Å². The number of sulfonamides is 1. The fourth-order valence-electron chi connectivity index (χ4n) is 2.90. The number of methoxy groups -OCH3 is 1. The summed E-state index contributed by atoms with van der Waals surface area (Å²) < 4.78 is 43.6. The maximum Gasteiger partial charge on any atom is 0.338 e. The molecule has 166 valence electrons. The number of carbonyl (C=O) groups is 2. The van der Waals surface area contributed by atoms with E-state index < -0.39 is 22.1 Å². The largest absolute Gasteiger partial charge is 0.495 e. The molecule has 9 heteroatoms. The molecule has 31 heavy (non-hydrogen) atoms. The predicted octanol–water partition coefficient (Wildman–Crippen LogP) is 2.96. The number of hydrogen-bond donors (Lipinski definition) is 1. The van der Waals surface area contributed by atoms with Crippen molar-refractivity contribution in [2.24, 2.45) is 0 Å². The van der Waals surface area contributed by atoms with E-state index in [0.29, 0.717) is 17.9 Å². The minimum Gasteiger partial charge on any atom is -0.495 e. The van der Waals surface area contributed by atoms with E-state index in [1.807, 2.05) is 6.92 Å². The Balaban J connectivity index is 1.74. The van der Waals surface area contributed by atoms with Gasteiger partial charge in [0.1, 0.15) is 16.4 Å². The Labute approximate surface area is 181 Å². The van der Waals surface area contributed by atoms with E-state index in [4.69, 9.17) is 14.2 Å². The van der Waals surface area contributed by atoms with Crippen molar-refractivity contribution < 1.29 is 32.2 Å². The number of rotatable bonds is 10. The van der Waals surface area contributed by atoms with Gasteiger partial charge in [0, 0.05) is 11.6 Å². The molecular formula is C22H25NO7S. The number of carbonyl (C=O) groups excluding carboxylic acids is 2. The van der Waals surface area contributed by atoms with Crippen molar-refractivity contribution in [1.82, 2.24) is 4.72 Å². The molecule has 8 nitrogen and oxygen atoms in total. The Bertz CT molecular complexity index is 1060. The molecule has 1 atom stereocenters. The van der Waals surface area contributed by atoms with Crippen molar-refractivity contribution in [3.05, 3.63) is 53.6 Å². The fraction of sp³-hybridized carbons (Fsp3) is 0.364. The monoisotopic (exact) mass is 447 g/mol. The van der Waals surface area contributed by atoms with E-state index >= 15 is 0 Å².